The van der Waals surface area contributed by atoms with Crippen LogP contribution in [0.2, 0.25) is 0 Å². The first-order chi connectivity index (χ1) is 7.93. The van der Waals surface area contributed by atoms with E-state index in [9.17, 15) is 4.79 Å². The fraction of sp³-hybridized carbons (Fsp3) is 0.385. The summed E-state index contributed by atoms with van der Waals surface area (Å²) in [6, 6.07) is 3.84. The molecule has 3 nitrogen and oxygen atoms in total. The number of carbonyl (C=O) groups is 1. The Hall–Kier alpha value is -1.60. The topological polar surface area (TPSA) is 50.1 Å². The van der Waals surface area contributed by atoms with E-state index >= 15 is 0 Å². The summed E-state index contributed by atoms with van der Waals surface area (Å²) in [4.78, 5) is 13.8. The molecule has 0 fully saturated rings. The summed E-state index contributed by atoms with van der Waals surface area (Å²) in [5, 5.41) is 8.95. The highest BCUT2D eigenvalue weighted by atomic mass is 32.1. The van der Waals surface area contributed by atoms with Crippen molar-refractivity contribution in [3.05, 3.63) is 27.0 Å². The molecule has 0 aliphatic heterocycles. The van der Waals surface area contributed by atoms with Crippen molar-refractivity contribution in [2.24, 2.45) is 0 Å². The molecule has 0 spiro atoms. The summed E-state index contributed by atoms with van der Waals surface area (Å²) in [5.41, 5.74) is 0.948. The number of thiophene rings is 1. The second kappa shape index (κ2) is 5.65. The summed E-state index contributed by atoms with van der Waals surface area (Å²) in [5.74, 6) is -0.564. The normalized spacial score (nSPS) is 11.4. The number of nitriles is 1. The minimum absolute atomic E-state index is 0.0413. The number of rotatable bonds is 3. The lowest BCUT2D eigenvalue weighted by Gasteiger charge is -2.06. The van der Waals surface area contributed by atoms with Crippen LogP contribution in [0, 0.1) is 25.2 Å². The molecule has 0 N–H and O–H groups in total. The molecule has 1 rings (SSSR count). The molecule has 1 aromatic heterocycles. The average molecular weight is 249 g/mol. The van der Waals surface area contributed by atoms with Crippen LogP contribution in [0.1, 0.15) is 29.2 Å². The molecule has 0 saturated heterocycles. The highest BCUT2D eigenvalue weighted by molar-refractivity contribution is 7.12. The van der Waals surface area contributed by atoms with Gasteiger partial charge in [-0.05, 0) is 45.4 Å². The molecule has 0 atom stereocenters. The van der Waals surface area contributed by atoms with Gasteiger partial charge < -0.3 is 4.74 Å². The minimum atomic E-state index is -0.564. The fourth-order valence-electron chi connectivity index (χ4n) is 1.36. The molecule has 17 heavy (non-hydrogen) atoms. The third-order valence-electron chi connectivity index (χ3n) is 2.06. The molecule has 0 amide bonds. The molecule has 0 aliphatic rings. The van der Waals surface area contributed by atoms with Crippen LogP contribution in [0.4, 0.5) is 0 Å². The van der Waals surface area contributed by atoms with E-state index in [0.29, 0.717) is 0 Å². The van der Waals surface area contributed by atoms with Crippen molar-refractivity contribution >= 4 is 23.4 Å². The van der Waals surface area contributed by atoms with Gasteiger partial charge in [0.1, 0.15) is 11.6 Å². The van der Waals surface area contributed by atoms with Crippen molar-refractivity contribution in [2.45, 2.75) is 33.8 Å². The highest BCUT2D eigenvalue weighted by Gasteiger charge is 2.13. The maximum Gasteiger partial charge on any atom is 0.349 e. The molecule has 0 aliphatic carbocycles. The largest absolute Gasteiger partial charge is 0.459 e. The Balaban J connectivity index is 2.99. The van der Waals surface area contributed by atoms with Gasteiger partial charge in [0.2, 0.25) is 0 Å². The first-order valence-electron chi connectivity index (χ1n) is 5.34. The van der Waals surface area contributed by atoms with Crippen LogP contribution in [0.5, 0.6) is 0 Å². The Morgan fingerprint density at radius 2 is 2.18 bits per heavy atom. The van der Waals surface area contributed by atoms with E-state index in [1.807, 2.05) is 26.0 Å². The van der Waals surface area contributed by atoms with E-state index in [4.69, 9.17) is 10.00 Å². The van der Waals surface area contributed by atoms with Crippen LogP contribution in [0.3, 0.4) is 0 Å². The standard InChI is InChI=1S/C13H15NO2S/c1-8(2)16-13(15)12(7-14)6-11-5-9(3)17-10(11)4/h5-6,8H,1-4H3/b12-6+. The zero-order valence-electron chi connectivity index (χ0n) is 10.4. The second-order valence-corrected chi connectivity index (χ2v) is 5.45. The van der Waals surface area contributed by atoms with Crippen molar-refractivity contribution in [2.75, 3.05) is 0 Å². The van der Waals surface area contributed by atoms with Gasteiger partial charge in [-0.3, -0.25) is 0 Å². The summed E-state index contributed by atoms with van der Waals surface area (Å²) in [7, 11) is 0. The van der Waals surface area contributed by atoms with Crippen molar-refractivity contribution < 1.29 is 9.53 Å². The van der Waals surface area contributed by atoms with E-state index in [0.717, 1.165) is 15.3 Å². The van der Waals surface area contributed by atoms with Crippen LogP contribution in [0.15, 0.2) is 11.6 Å². The third-order valence-corrected chi connectivity index (χ3v) is 3.04. The summed E-state index contributed by atoms with van der Waals surface area (Å²) in [6.07, 6.45) is 1.37. The monoisotopic (exact) mass is 249 g/mol. The number of esters is 1. The molecule has 0 radical (unpaired) electrons. The van der Waals surface area contributed by atoms with Gasteiger partial charge >= 0.3 is 5.97 Å². The van der Waals surface area contributed by atoms with E-state index in [1.165, 1.54) is 0 Å². The zero-order chi connectivity index (χ0) is 13.0. The predicted octanol–water partition coefficient (Wildman–Crippen LogP) is 3.22. The molecular formula is C13H15NO2S. The molecule has 0 unspecified atom stereocenters. The molecule has 4 heteroatoms. The SMILES string of the molecule is Cc1cc(/C=C(\C#N)C(=O)OC(C)C)c(C)s1. The Morgan fingerprint density at radius 1 is 1.53 bits per heavy atom. The number of aryl methyl sites for hydroxylation is 2. The van der Waals surface area contributed by atoms with Crippen molar-refractivity contribution in [1.29, 1.82) is 5.26 Å². The number of hydrogen-bond acceptors (Lipinski definition) is 4. The maximum absolute atomic E-state index is 11.6. The van der Waals surface area contributed by atoms with Crippen molar-refractivity contribution in [1.82, 2.24) is 0 Å². The Kier molecular flexibility index (Phi) is 4.47. The van der Waals surface area contributed by atoms with Gasteiger partial charge in [-0.2, -0.15) is 5.26 Å². The third kappa shape index (κ3) is 3.72. The van der Waals surface area contributed by atoms with Crippen LogP contribution in [-0.4, -0.2) is 12.1 Å². The van der Waals surface area contributed by atoms with E-state index in [2.05, 4.69) is 0 Å². The lowest BCUT2D eigenvalue weighted by molar-refractivity contribution is -0.142. The van der Waals surface area contributed by atoms with Crippen LogP contribution in [0.25, 0.3) is 6.08 Å². The van der Waals surface area contributed by atoms with Crippen LogP contribution in [-0.2, 0) is 9.53 Å². The minimum Gasteiger partial charge on any atom is -0.459 e. The molecule has 1 aromatic rings. The quantitative estimate of drug-likeness (QED) is 0.469. The number of carbonyl (C=O) groups excluding carboxylic acids is 1. The van der Waals surface area contributed by atoms with Gasteiger partial charge in [-0.1, -0.05) is 0 Å². The second-order valence-electron chi connectivity index (χ2n) is 3.99. The molecule has 90 valence electrons. The van der Waals surface area contributed by atoms with E-state index < -0.39 is 5.97 Å². The van der Waals surface area contributed by atoms with Gasteiger partial charge in [0.05, 0.1) is 6.10 Å². The summed E-state index contributed by atoms with van der Waals surface area (Å²) in [6.45, 7) is 7.47. The highest BCUT2D eigenvalue weighted by Crippen LogP contribution is 2.23. The first-order valence-corrected chi connectivity index (χ1v) is 6.15. The molecule has 1 heterocycles. The van der Waals surface area contributed by atoms with Gasteiger partial charge in [0.25, 0.3) is 0 Å². The van der Waals surface area contributed by atoms with E-state index in [-0.39, 0.29) is 11.7 Å². The summed E-state index contributed by atoms with van der Waals surface area (Å²) < 4.78 is 5.00. The van der Waals surface area contributed by atoms with E-state index in [1.54, 1.807) is 31.3 Å². The Bertz CT molecular complexity index is 492. The number of ether oxygens (including phenoxy) is 1. The summed E-state index contributed by atoms with van der Waals surface area (Å²) >= 11 is 1.64. The smallest absolute Gasteiger partial charge is 0.349 e. The lowest BCUT2D eigenvalue weighted by Crippen LogP contribution is -2.12. The first kappa shape index (κ1) is 13.5. The fourth-order valence-corrected chi connectivity index (χ4v) is 2.27. The maximum atomic E-state index is 11.6. The van der Waals surface area contributed by atoms with Crippen LogP contribution >= 0.6 is 11.3 Å². The molecular weight excluding hydrogens is 234 g/mol. The van der Waals surface area contributed by atoms with Gasteiger partial charge in [-0.25, -0.2) is 4.79 Å². The number of hydrogen-bond donors (Lipinski definition) is 0. The molecule has 0 aromatic carbocycles. The molecule has 0 bridgehead atoms. The van der Waals surface area contributed by atoms with Crippen molar-refractivity contribution in [3.8, 4) is 6.07 Å². The zero-order valence-corrected chi connectivity index (χ0v) is 11.2. The average Bonchev–Trinajstić information content (AvgIpc) is 2.52. The Morgan fingerprint density at radius 3 is 2.59 bits per heavy atom. The van der Waals surface area contributed by atoms with Gasteiger partial charge in [0.15, 0.2) is 0 Å². The number of nitrogens with zero attached hydrogens (tertiary/aromatic N) is 1. The van der Waals surface area contributed by atoms with Crippen LogP contribution < -0.4 is 0 Å². The Labute approximate surface area is 105 Å². The molecule has 0 saturated carbocycles. The van der Waals surface area contributed by atoms with Gasteiger partial charge in [-0.15, -0.1) is 11.3 Å². The predicted molar refractivity (Wildman–Crippen MR) is 68.6 cm³/mol. The van der Waals surface area contributed by atoms with Gasteiger partial charge in [0, 0.05) is 9.75 Å². The lowest BCUT2D eigenvalue weighted by atomic mass is 10.1. The van der Waals surface area contributed by atoms with Crippen molar-refractivity contribution in [3.63, 3.8) is 0 Å².